The maximum Gasteiger partial charge on any atom is 0.573 e. The largest absolute Gasteiger partial charge is 0.573 e. The van der Waals surface area contributed by atoms with Crippen LogP contribution in [0.25, 0.3) is 0 Å². The highest BCUT2D eigenvalue weighted by Gasteiger charge is 2.32. The van der Waals surface area contributed by atoms with Gasteiger partial charge in [0.15, 0.2) is 0 Å². The Morgan fingerprint density at radius 3 is 2.76 bits per heavy atom. The minimum absolute atomic E-state index is 0.00398. The lowest BCUT2D eigenvalue weighted by atomic mass is 10.0. The molecule has 1 aliphatic rings. The van der Waals surface area contributed by atoms with E-state index in [-0.39, 0.29) is 35.7 Å². The standard InChI is InChI=1S/C14H17F3N2O2/c1-9-6-7-18-12(9)13(20)19-8-10-4-2-3-5-11(10)21-14(15,16)17/h2-5,9,12,18H,6-8H2,1H3,(H,19,20). The van der Waals surface area contributed by atoms with Crippen LogP contribution in [0.2, 0.25) is 0 Å². The second-order valence-corrected chi connectivity index (χ2v) is 5.07. The predicted molar refractivity (Wildman–Crippen MR) is 70.5 cm³/mol. The Kier molecular flexibility index (Phi) is 4.72. The molecule has 2 atom stereocenters. The van der Waals surface area contributed by atoms with Gasteiger partial charge in [0, 0.05) is 12.1 Å². The minimum atomic E-state index is -4.75. The number of hydrogen-bond acceptors (Lipinski definition) is 3. The van der Waals surface area contributed by atoms with Gasteiger partial charge >= 0.3 is 6.36 Å². The second-order valence-electron chi connectivity index (χ2n) is 5.07. The topological polar surface area (TPSA) is 50.4 Å². The number of rotatable bonds is 4. The second kappa shape index (κ2) is 6.34. The Balaban J connectivity index is 1.98. The van der Waals surface area contributed by atoms with Gasteiger partial charge in [0.25, 0.3) is 0 Å². The molecule has 4 nitrogen and oxygen atoms in total. The molecular formula is C14H17F3N2O2. The highest BCUT2D eigenvalue weighted by molar-refractivity contribution is 5.82. The zero-order valence-electron chi connectivity index (χ0n) is 11.5. The van der Waals surface area contributed by atoms with Gasteiger partial charge in [-0.25, -0.2) is 0 Å². The van der Waals surface area contributed by atoms with Gasteiger partial charge in [0.05, 0.1) is 6.04 Å². The molecule has 1 heterocycles. The lowest BCUT2D eigenvalue weighted by molar-refractivity contribution is -0.274. The summed E-state index contributed by atoms with van der Waals surface area (Å²) in [6.45, 7) is 2.73. The number of nitrogens with one attached hydrogen (secondary N) is 2. The Labute approximate surface area is 120 Å². The highest BCUT2D eigenvalue weighted by atomic mass is 19.4. The number of amides is 1. The van der Waals surface area contributed by atoms with Gasteiger partial charge in [-0.1, -0.05) is 25.1 Å². The van der Waals surface area contributed by atoms with Gasteiger partial charge in [0.2, 0.25) is 5.91 Å². The van der Waals surface area contributed by atoms with E-state index in [1.54, 1.807) is 6.07 Å². The van der Waals surface area contributed by atoms with E-state index in [0.717, 1.165) is 13.0 Å². The van der Waals surface area contributed by atoms with Crippen LogP contribution in [-0.2, 0) is 11.3 Å². The summed E-state index contributed by atoms with van der Waals surface area (Å²) in [4.78, 5) is 12.0. The van der Waals surface area contributed by atoms with Crippen LogP contribution in [0.1, 0.15) is 18.9 Å². The van der Waals surface area contributed by atoms with E-state index < -0.39 is 6.36 Å². The van der Waals surface area contributed by atoms with Crippen molar-refractivity contribution >= 4 is 5.91 Å². The lowest BCUT2D eigenvalue weighted by Crippen LogP contribution is -2.43. The smallest absolute Gasteiger partial charge is 0.405 e. The molecule has 1 amide bonds. The Morgan fingerprint density at radius 2 is 2.14 bits per heavy atom. The molecule has 1 fully saturated rings. The van der Waals surface area contributed by atoms with Crippen LogP contribution in [0.4, 0.5) is 13.2 Å². The van der Waals surface area contributed by atoms with Crippen LogP contribution in [0.3, 0.4) is 0 Å². The summed E-state index contributed by atoms with van der Waals surface area (Å²) in [5, 5.41) is 5.72. The molecule has 0 radical (unpaired) electrons. The monoisotopic (exact) mass is 302 g/mol. The molecule has 116 valence electrons. The first-order valence-electron chi connectivity index (χ1n) is 6.71. The van der Waals surface area contributed by atoms with Gasteiger partial charge in [-0.2, -0.15) is 0 Å². The number of hydrogen-bond donors (Lipinski definition) is 2. The first kappa shape index (κ1) is 15.6. The van der Waals surface area contributed by atoms with Crippen LogP contribution in [-0.4, -0.2) is 24.9 Å². The summed E-state index contributed by atoms with van der Waals surface area (Å²) in [6.07, 6.45) is -3.84. The summed E-state index contributed by atoms with van der Waals surface area (Å²) in [5.41, 5.74) is 0.286. The van der Waals surface area contributed by atoms with Gasteiger partial charge < -0.3 is 15.4 Å². The van der Waals surface area contributed by atoms with Crippen LogP contribution >= 0.6 is 0 Å². The molecule has 1 saturated heterocycles. The SMILES string of the molecule is CC1CCNC1C(=O)NCc1ccccc1OC(F)(F)F. The number of carbonyl (C=O) groups is 1. The summed E-state index contributed by atoms with van der Waals surface area (Å²) in [5.74, 6) is -0.286. The van der Waals surface area contributed by atoms with E-state index in [4.69, 9.17) is 0 Å². The molecule has 0 bridgehead atoms. The Morgan fingerprint density at radius 1 is 1.43 bits per heavy atom. The molecule has 0 saturated carbocycles. The molecule has 7 heteroatoms. The maximum atomic E-state index is 12.3. The zero-order chi connectivity index (χ0) is 15.5. The fourth-order valence-corrected chi connectivity index (χ4v) is 2.35. The molecule has 2 unspecified atom stereocenters. The van der Waals surface area contributed by atoms with Crippen molar-refractivity contribution < 1.29 is 22.7 Å². The molecule has 1 aromatic carbocycles. The van der Waals surface area contributed by atoms with Crippen molar-refractivity contribution in [1.82, 2.24) is 10.6 Å². The van der Waals surface area contributed by atoms with Crippen molar-refractivity contribution in [3.8, 4) is 5.75 Å². The molecule has 2 rings (SSSR count). The number of benzene rings is 1. The molecule has 21 heavy (non-hydrogen) atoms. The van der Waals surface area contributed by atoms with Crippen molar-refractivity contribution in [3.05, 3.63) is 29.8 Å². The van der Waals surface area contributed by atoms with Crippen LogP contribution in [0.5, 0.6) is 5.75 Å². The molecule has 1 aromatic rings. The van der Waals surface area contributed by atoms with Crippen molar-refractivity contribution in [2.75, 3.05) is 6.54 Å². The Hall–Kier alpha value is -1.76. The van der Waals surface area contributed by atoms with Crippen LogP contribution in [0.15, 0.2) is 24.3 Å². The molecule has 0 spiro atoms. The zero-order valence-corrected chi connectivity index (χ0v) is 11.5. The van der Waals surface area contributed by atoms with Crippen molar-refractivity contribution in [3.63, 3.8) is 0 Å². The van der Waals surface area contributed by atoms with E-state index in [1.165, 1.54) is 18.2 Å². The summed E-state index contributed by atoms with van der Waals surface area (Å²) < 4.78 is 40.8. The van der Waals surface area contributed by atoms with E-state index in [0.29, 0.717) is 0 Å². The fourth-order valence-electron chi connectivity index (χ4n) is 2.35. The van der Waals surface area contributed by atoms with Gasteiger partial charge in [0.1, 0.15) is 5.75 Å². The fraction of sp³-hybridized carbons (Fsp3) is 0.500. The third-order valence-corrected chi connectivity index (χ3v) is 3.47. The normalized spacial score (nSPS) is 22.1. The van der Waals surface area contributed by atoms with E-state index in [9.17, 15) is 18.0 Å². The minimum Gasteiger partial charge on any atom is -0.405 e. The quantitative estimate of drug-likeness (QED) is 0.896. The molecule has 2 N–H and O–H groups in total. The summed E-state index contributed by atoms with van der Waals surface area (Å²) in [7, 11) is 0. The number of ether oxygens (including phenoxy) is 1. The molecule has 0 aromatic heterocycles. The van der Waals surface area contributed by atoms with Crippen molar-refractivity contribution in [1.29, 1.82) is 0 Å². The van der Waals surface area contributed by atoms with Crippen molar-refractivity contribution in [2.24, 2.45) is 5.92 Å². The highest BCUT2D eigenvalue weighted by Crippen LogP contribution is 2.26. The van der Waals surface area contributed by atoms with E-state index in [1.807, 2.05) is 6.92 Å². The first-order valence-corrected chi connectivity index (χ1v) is 6.71. The first-order chi connectivity index (χ1) is 9.87. The predicted octanol–water partition coefficient (Wildman–Crippen LogP) is 2.20. The van der Waals surface area contributed by atoms with Crippen LogP contribution in [0, 0.1) is 5.92 Å². The molecule has 1 aliphatic heterocycles. The van der Waals surface area contributed by atoms with E-state index in [2.05, 4.69) is 15.4 Å². The van der Waals surface area contributed by atoms with Crippen LogP contribution < -0.4 is 15.4 Å². The number of carbonyl (C=O) groups excluding carboxylic acids is 1. The molecular weight excluding hydrogens is 285 g/mol. The van der Waals surface area contributed by atoms with Gasteiger partial charge in [-0.15, -0.1) is 13.2 Å². The molecule has 0 aliphatic carbocycles. The van der Waals surface area contributed by atoms with Gasteiger partial charge in [-0.05, 0) is 24.9 Å². The maximum absolute atomic E-state index is 12.3. The third kappa shape index (κ3) is 4.35. The van der Waals surface area contributed by atoms with Gasteiger partial charge in [-0.3, -0.25) is 4.79 Å². The lowest BCUT2D eigenvalue weighted by Gasteiger charge is -2.17. The van der Waals surface area contributed by atoms with E-state index >= 15 is 0 Å². The number of halogens is 3. The summed E-state index contributed by atoms with van der Waals surface area (Å²) in [6, 6.07) is 5.48. The third-order valence-electron chi connectivity index (χ3n) is 3.47. The number of para-hydroxylation sites is 1. The number of alkyl halides is 3. The average Bonchev–Trinajstić information content (AvgIpc) is 2.82. The summed E-state index contributed by atoms with van der Waals surface area (Å²) >= 11 is 0. The Bertz CT molecular complexity index is 505. The average molecular weight is 302 g/mol. The van der Waals surface area contributed by atoms with Crippen molar-refractivity contribution in [2.45, 2.75) is 32.3 Å².